The molecular formula is C10H13ClN2OS. The zero-order valence-corrected chi connectivity index (χ0v) is 10.1. The summed E-state index contributed by atoms with van der Waals surface area (Å²) in [7, 11) is 0. The topological polar surface area (TPSA) is 33.2 Å². The molecule has 15 heavy (non-hydrogen) atoms. The molecule has 2 rings (SSSR count). The molecule has 5 heteroatoms. The number of halogens is 1. The molecule has 1 fully saturated rings. The maximum Gasteiger partial charge on any atom is 0.247 e. The fourth-order valence-corrected chi connectivity index (χ4v) is 2.79. The minimum atomic E-state index is -0.596. The van der Waals surface area contributed by atoms with Gasteiger partial charge in [-0.1, -0.05) is 0 Å². The maximum atomic E-state index is 11.9. The summed E-state index contributed by atoms with van der Waals surface area (Å²) in [6, 6.07) is 0. The number of hydrogen-bond donors (Lipinski definition) is 0. The minimum Gasteiger partial charge on any atom is -0.341 e. The molecule has 1 amide bonds. The lowest BCUT2D eigenvalue weighted by Crippen LogP contribution is -2.30. The molecule has 2 heterocycles. The molecule has 0 radical (unpaired) electrons. The van der Waals surface area contributed by atoms with Gasteiger partial charge in [0.05, 0.1) is 0 Å². The van der Waals surface area contributed by atoms with E-state index >= 15 is 0 Å². The van der Waals surface area contributed by atoms with Crippen molar-refractivity contribution in [1.82, 2.24) is 9.88 Å². The number of amides is 1. The molecule has 1 aromatic heterocycles. The van der Waals surface area contributed by atoms with Crippen molar-refractivity contribution in [2.45, 2.75) is 25.1 Å². The van der Waals surface area contributed by atoms with Gasteiger partial charge >= 0.3 is 0 Å². The van der Waals surface area contributed by atoms with Crippen LogP contribution in [0.2, 0.25) is 0 Å². The molecule has 0 N–H and O–H groups in total. The summed E-state index contributed by atoms with van der Waals surface area (Å²) in [6.07, 6.45) is 2.18. The van der Waals surface area contributed by atoms with Crippen LogP contribution in [0.25, 0.3) is 0 Å². The van der Waals surface area contributed by atoms with Gasteiger partial charge in [-0.3, -0.25) is 4.79 Å². The quantitative estimate of drug-likeness (QED) is 0.749. The van der Waals surface area contributed by atoms with Gasteiger partial charge in [-0.25, -0.2) is 4.98 Å². The van der Waals surface area contributed by atoms with Crippen molar-refractivity contribution >= 4 is 28.8 Å². The van der Waals surface area contributed by atoms with Gasteiger partial charge < -0.3 is 4.90 Å². The van der Waals surface area contributed by atoms with Gasteiger partial charge in [0.15, 0.2) is 5.38 Å². The normalized spacial score (nSPS) is 18.1. The van der Waals surface area contributed by atoms with Crippen molar-refractivity contribution in [3.05, 3.63) is 16.1 Å². The van der Waals surface area contributed by atoms with Crippen LogP contribution in [0.1, 0.15) is 28.9 Å². The molecule has 0 aromatic carbocycles. The Hall–Kier alpha value is -0.610. The molecule has 0 aliphatic carbocycles. The molecule has 82 valence electrons. The van der Waals surface area contributed by atoms with Crippen LogP contribution < -0.4 is 0 Å². The number of nitrogens with zero attached hydrogens (tertiary/aromatic N) is 2. The van der Waals surface area contributed by atoms with Gasteiger partial charge in [0, 0.05) is 24.2 Å². The number of hydrogen-bond acceptors (Lipinski definition) is 3. The third-order valence-corrected chi connectivity index (χ3v) is 4.04. The summed E-state index contributed by atoms with van der Waals surface area (Å²) < 4.78 is 0. The van der Waals surface area contributed by atoms with E-state index in [1.54, 1.807) is 0 Å². The highest BCUT2D eigenvalue weighted by molar-refractivity contribution is 7.10. The molecule has 0 spiro atoms. The number of aryl methyl sites for hydroxylation is 1. The molecular weight excluding hydrogens is 232 g/mol. The molecule has 1 unspecified atom stereocenters. The minimum absolute atomic E-state index is 0.00326. The number of thiazole rings is 1. The Bertz CT molecular complexity index is 360. The third kappa shape index (κ3) is 2.32. The van der Waals surface area contributed by atoms with E-state index in [-0.39, 0.29) is 5.91 Å². The van der Waals surface area contributed by atoms with E-state index in [0.29, 0.717) is 5.01 Å². The van der Waals surface area contributed by atoms with E-state index in [2.05, 4.69) is 4.98 Å². The first-order chi connectivity index (χ1) is 7.18. The smallest absolute Gasteiger partial charge is 0.247 e. The van der Waals surface area contributed by atoms with Gasteiger partial charge in [0.2, 0.25) is 5.91 Å². The van der Waals surface area contributed by atoms with Gasteiger partial charge in [-0.05, 0) is 19.8 Å². The molecule has 1 aliphatic rings. The van der Waals surface area contributed by atoms with Crippen LogP contribution in [0.15, 0.2) is 5.38 Å². The summed E-state index contributed by atoms with van der Waals surface area (Å²) in [4.78, 5) is 18.0. The number of likely N-dealkylation sites (tertiary alicyclic amines) is 1. The average molecular weight is 245 g/mol. The lowest BCUT2D eigenvalue weighted by Gasteiger charge is -2.17. The number of aromatic nitrogens is 1. The van der Waals surface area contributed by atoms with Crippen molar-refractivity contribution in [2.75, 3.05) is 13.1 Å². The summed E-state index contributed by atoms with van der Waals surface area (Å²) in [5, 5.41) is 2.04. The molecule has 1 aliphatic heterocycles. The second-order valence-electron chi connectivity index (χ2n) is 3.72. The first-order valence-corrected chi connectivity index (χ1v) is 6.35. The first kappa shape index (κ1) is 10.9. The molecule has 1 atom stereocenters. The van der Waals surface area contributed by atoms with Crippen molar-refractivity contribution in [3.63, 3.8) is 0 Å². The predicted molar refractivity (Wildman–Crippen MR) is 61.3 cm³/mol. The van der Waals surface area contributed by atoms with E-state index < -0.39 is 5.38 Å². The van der Waals surface area contributed by atoms with Crippen LogP contribution in [0.5, 0.6) is 0 Å². The highest BCUT2D eigenvalue weighted by Gasteiger charge is 2.27. The summed E-state index contributed by atoms with van der Waals surface area (Å²) in [5.74, 6) is 0.00326. The number of carbonyl (C=O) groups is 1. The van der Waals surface area contributed by atoms with Crippen molar-refractivity contribution < 1.29 is 4.79 Å². The van der Waals surface area contributed by atoms with Crippen molar-refractivity contribution in [1.29, 1.82) is 0 Å². The van der Waals surface area contributed by atoms with Crippen LogP contribution in [-0.2, 0) is 4.79 Å². The van der Waals surface area contributed by atoms with Gasteiger partial charge in [-0.2, -0.15) is 0 Å². The predicted octanol–water partition coefficient (Wildman–Crippen LogP) is 2.35. The summed E-state index contributed by atoms with van der Waals surface area (Å²) >= 11 is 7.56. The second-order valence-corrected chi connectivity index (χ2v) is 5.05. The fourth-order valence-electron chi connectivity index (χ4n) is 1.69. The number of carbonyl (C=O) groups excluding carboxylic acids is 1. The van der Waals surface area contributed by atoms with E-state index in [1.165, 1.54) is 11.3 Å². The van der Waals surface area contributed by atoms with E-state index in [0.717, 1.165) is 31.6 Å². The Balaban J connectivity index is 2.06. The van der Waals surface area contributed by atoms with Crippen LogP contribution in [0.3, 0.4) is 0 Å². The Kier molecular flexibility index (Phi) is 3.26. The molecule has 1 saturated heterocycles. The van der Waals surface area contributed by atoms with Gasteiger partial charge in [-0.15, -0.1) is 22.9 Å². The fraction of sp³-hybridized carbons (Fsp3) is 0.600. The van der Waals surface area contributed by atoms with Crippen LogP contribution >= 0.6 is 22.9 Å². The summed E-state index contributed by atoms with van der Waals surface area (Å²) in [5.41, 5.74) is 0.926. The van der Waals surface area contributed by atoms with E-state index in [4.69, 9.17) is 11.6 Å². The first-order valence-electron chi connectivity index (χ1n) is 5.03. The Morgan fingerprint density at radius 3 is 2.80 bits per heavy atom. The third-order valence-electron chi connectivity index (χ3n) is 2.49. The second kappa shape index (κ2) is 4.49. The van der Waals surface area contributed by atoms with Gasteiger partial charge in [0.25, 0.3) is 0 Å². The van der Waals surface area contributed by atoms with Crippen molar-refractivity contribution in [2.24, 2.45) is 0 Å². The van der Waals surface area contributed by atoms with Crippen molar-refractivity contribution in [3.8, 4) is 0 Å². The molecule has 1 aromatic rings. The number of rotatable bonds is 2. The molecule has 0 saturated carbocycles. The SMILES string of the molecule is Cc1csc(C(Cl)C(=O)N2CCCC2)n1. The number of alkyl halides is 1. The van der Waals surface area contributed by atoms with Crippen LogP contribution in [0.4, 0.5) is 0 Å². The Morgan fingerprint density at radius 2 is 2.27 bits per heavy atom. The van der Waals surface area contributed by atoms with E-state index in [9.17, 15) is 4.79 Å². The monoisotopic (exact) mass is 244 g/mol. The maximum absolute atomic E-state index is 11.9. The summed E-state index contributed by atoms with van der Waals surface area (Å²) in [6.45, 7) is 3.59. The van der Waals surface area contributed by atoms with Gasteiger partial charge in [0.1, 0.15) is 5.01 Å². The van der Waals surface area contributed by atoms with Crippen LogP contribution in [0, 0.1) is 6.92 Å². The van der Waals surface area contributed by atoms with E-state index in [1.807, 2.05) is 17.2 Å². The zero-order valence-electron chi connectivity index (χ0n) is 8.57. The average Bonchev–Trinajstić information content (AvgIpc) is 2.85. The lowest BCUT2D eigenvalue weighted by molar-refractivity contribution is -0.129. The largest absolute Gasteiger partial charge is 0.341 e. The molecule has 3 nitrogen and oxygen atoms in total. The zero-order chi connectivity index (χ0) is 10.8. The highest BCUT2D eigenvalue weighted by atomic mass is 35.5. The molecule has 0 bridgehead atoms. The highest BCUT2D eigenvalue weighted by Crippen LogP contribution is 2.27. The lowest BCUT2D eigenvalue weighted by atomic mass is 10.3. The van der Waals surface area contributed by atoms with Crippen LogP contribution in [-0.4, -0.2) is 28.9 Å². The standard InChI is InChI=1S/C10H13ClN2OS/c1-7-6-15-9(12-7)8(11)10(14)13-4-2-3-5-13/h6,8H,2-5H2,1H3. The Labute approximate surface area is 98.1 Å². The Morgan fingerprint density at radius 1 is 1.60 bits per heavy atom.